The molecule has 0 amide bonds. The minimum Gasteiger partial charge on any atom is -0.370 e. The second kappa shape index (κ2) is 7.52. The van der Waals surface area contributed by atoms with Gasteiger partial charge in [0.05, 0.1) is 11.9 Å². The molecule has 1 aromatic heterocycles. The molecule has 0 saturated carbocycles. The van der Waals surface area contributed by atoms with Crippen molar-refractivity contribution in [3.63, 3.8) is 0 Å². The highest BCUT2D eigenvalue weighted by molar-refractivity contribution is 8.13. The molecule has 114 valence electrons. The first kappa shape index (κ1) is 15.9. The smallest absolute Gasteiger partial charge is 0.183 e. The number of rotatable bonds is 4. The maximum Gasteiger partial charge on any atom is 0.183 e. The zero-order valence-electron chi connectivity index (χ0n) is 12.8. The largest absolute Gasteiger partial charge is 0.370 e. The first-order valence-electron chi connectivity index (χ1n) is 6.69. The molecular formula is C15H18N6S. The number of nitrogens with zero attached hydrogens (tertiary/aromatic N) is 5. The zero-order chi connectivity index (χ0) is 15.9. The number of aryl methyl sites for hydroxylation is 1. The van der Waals surface area contributed by atoms with Crippen molar-refractivity contribution in [3.05, 3.63) is 42.2 Å². The number of hydrogen-bond donors (Lipinski definition) is 1. The van der Waals surface area contributed by atoms with Gasteiger partial charge in [-0.25, -0.2) is 4.99 Å². The second-order valence-electron chi connectivity index (χ2n) is 4.75. The number of aromatic nitrogens is 2. The Kier molecular flexibility index (Phi) is 5.44. The van der Waals surface area contributed by atoms with Crippen LogP contribution in [0.3, 0.4) is 0 Å². The Hall–Kier alpha value is -2.46. The molecule has 0 aliphatic heterocycles. The van der Waals surface area contributed by atoms with Gasteiger partial charge < -0.3 is 4.90 Å². The Morgan fingerprint density at radius 1 is 1.45 bits per heavy atom. The molecule has 0 fully saturated rings. The molecule has 7 heteroatoms. The van der Waals surface area contributed by atoms with Gasteiger partial charge in [0, 0.05) is 38.1 Å². The van der Waals surface area contributed by atoms with Crippen molar-refractivity contribution in [2.75, 3.05) is 18.2 Å². The zero-order valence-corrected chi connectivity index (χ0v) is 13.6. The van der Waals surface area contributed by atoms with E-state index in [1.165, 1.54) is 11.8 Å². The van der Waals surface area contributed by atoms with Gasteiger partial charge in [0.25, 0.3) is 0 Å². The number of thioether (sulfide) groups is 1. The molecule has 0 atom stereocenters. The summed E-state index contributed by atoms with van der Waals surface area (Å²) >= 11 is 1.40. The van der Waals surface area contributed by atoms with E-state index in [0.29, 0.717) is 5.17 Å². The third kappa shape index (κ3) is 4.27. The third-order valence-electron chi connectivity index (χ3n) is 3.06. The average molecular weight is 314 g/mol. The maximum atomic E-state index is 8.64. The lowest BCUT2D eigenvalue weighted by Crippen LogP contribution is -2.15. The van der Waals surface area contributed by atoms with Crippen LogP contribution in [0.5, 0.6) is 0 Å². The topological polar surface area (TPSA) is 69.2 Å². The lowest BCUT2D eigenvalue weighted by molar-refractivity contribution is 0.766. The number of nitrogens with one attached hydrogen (secondary N) is 1. The highest BCUT2D eigenvalue weighted by Crippen LogP contribution is 2.21. The minimum absolute atomic E-state index is 0.582. The normalized spacial score (nSPS) is 11.1. The average Bonchev–Trinajstić information content (AvgIpc) is 2.92. The van der Waals surface area contributed by atoms with Crippen LogP contribution in [0, 0.1) is 11.5 Å². The van der Waals surface area contributed by atoms with Gasteiger partial charge in [-0.05, 0) is 30.5 Å². The molecule has 6 nitrogen and oxygen atoms in total. The van der Waals surface area contributed by atoms with Gasteiger partial charge >= 0.3 is 0 Å². The van der Waals surface area contributed by atoms with Crippen molar-refractivity contribution in [1.82, 2.24) is 15.1 Å². The fourth-order valence-electron chi connectivity index (χ4n) is 1.99. The predicted octanol–water partition coefficient (Wildman–Crippen LogP) is 2.48. The van der Waals surface area contributed by atoms with Gasteiger partial charge in [0.1, 0.15) is 0 Å². The van der Waals surface area contributed by atoms with E-state index >= 15 is 0 Å². The lowest BCUT2D eigenvalue weighted by Gasteiger charge is -2.18. The van der Waals surface area contributed by atoms with E-state index in [1.807, 2.05) is 63.2 Å². The van der Waals surface area contributed by atoms with Crippen molar-refractivity contribution in [3.8, 4) is 6.19 Å². The van der Waals surface area contributed by atoms with Crippen LogP contribution < -0.4 is 10.2 Å². The Labute approximate surface area is 134 Å². The number of benzene rings is 1. The van der Waals surface area contributed by atoms with Gasteiger partial charge in [0.2, 0.25) is 0 Å². The van der Waals surface area contributed by atoms with E-state index in [0.717, 1.165) is 23.5 Å². The molecular weight excluding hydrogens is 296 g/mol. The van der Waals surface area contributed by atoms with E-state index in [1.54, 1.807) is 4.68 Å². The molecule has 0 spiro atoms. The van der Waals surface area contributed by atoms with E-state index in [-0.39, 0.29) is 0 Å². The van der Waals surface area contributed by atoms with Crippen LogP contribution >= 0.6 is 11.8 Å². The number of hydrogen-bond acceptors (Lipinski definition) is 5. The summed E-state index contributed by atoms with van der Waals surface area (Å²) in [6.07, 6.45) is 7.63. The molecule has 1 heterocycles. The molecule has 1 N–H and O–H groups in total. The number of nitriles is 1. The molecule has 0 saturated heterocycles. The van der Waals surface area contributed by atoms with Gasteiger partial charge in [0.15, 0.2) is 11.4 Å². The first-order chi connectivity index (χ1) is 10.6. The standard InChI is InChI=1S/C15H18N6S/c1-20(9-12-8-18-21(2)10-12)14-6-4-13(5-7-14)19-15(22-3)17-11-16/h4-8,10H,9H2,1-3H3,(H,17,19). The third-order valence-corrected chi connectivity index (χ3v) is 3.64. The molecule has 0 unspecified atom stereocenters. The van der Waals surface area contributed by atoms with Gasteiger partial charge in [-0.3, -0.25) is 10.00 Å². The van der Waals surface area contributed by atoms with Crippen molar-refractivity contribution < 1.29 is 0 Å². The van der Waals surface area contributed by atoms with Crippen molar-refractivity contribution in [2.45, 2.75) is 6.54 Å². The Bertz CT molecular complexity index is 683. The molecule has 2 rings (SSSR count). The summed E-state index contributed by atoms with van der Waals surface area (Å²) in [6, 6.07) is 7.90. The lowest BCUT2D eigenvalue weighted by atomic mass is 10.2. The van der Waals surface area contributed by atoms with Gasteiger partial charge in [-0.2, -0.15) is 10.4 Å². The van der Waals surface area contributed by atoms with Crippen molar-refractivity contribution in [1.29, 1.82) is 5.26 Å². The van der Waals surface area contributed by atoms with Crippen LogP contribution in [0.25, 0.3) is 0 Å². The van der Waals surface area contributed by atoms with E-state index in [4.69, 9.17) is 5.26 Å². The Balaban J connectivity index is 2.06. The quantitative estimate of drug-likeness (QED) is 0.406. The number of amidine groups is 1. The number of aliphatic imine (C=N–C) groups is 1. The molecule has 0 bridgehead atoms. The Morgan fingerprint density at radius 3 is 2.73 bits per heavy atom. The fraction of sp³-hybridized carbons (Fsp3) is 0.267. The number of anilines is 1. The summed E-state index contributed by atoms with van der Waals surface area (Å²) in [5.74, 6) is 0. The fourth-order valence-corrected chi connectivity index (χ4v) is 2.33. The second-order valence-corrected chi connectivity index (χ2v) is 5.55. The van der Waals surface area contributed by atoms with Crippen LogP contribution in [0.15, 0.2) is 41.7 Å². The molecule has 0 aliphatic carbocycles. The SMILES string of the molecule is CSC(=Nc1ccc(N(C)Cc2cnn(C)c2)cc1)NC#N. The van der Waals surface area contributed by atoms with Crippen LogP contribution in [0.2, 0.25) is 0 Å². The van der Waals surface area contributed by atoms with Gasteiger partial charge in [-0.1, -0.05) is 11.8 Å². The predicted molar refractivity (Wildman–Crippen MR) is 91.1 cm³/mol. The summed E-state index contributed by atoms with van der Waals surface area (Å²) in [6.45, 7) is 0.794. The van der Waals surface area contributed by atoms with Crippen LogP contribution in [0.1, 0.15) is 5.56 Å². The molecule has 2 aromatic rings. The highest BCUT2D eigenvalue weighted by atomic mass is 32.2. The Morgan fingerprint density at radius 2 is 2.18 bits per heavy atom. The van der Waals surface area contributed by atoms with E-state index in [2.05, 4.69) is 20.3 Å². The van der Waals surface area contributed by atoms with Crippen LogP contribution in [-0.4, -0.2) is 28.3 Å². The monoisotopic (exact) mass is 314 g/mol. The summed E-state index contributed by atoms with van der Waals surface area (Å²) in [4.78, 5) is 6.52. The highest BCUT2D eigenvalue weighted by Gasteiger charge is 2.04. The molecule has 22 heavy (non-hydrogen) atoms. The van der Waals surface area contributed by atoms with Crippen LogP contribution in [0.4, 0.5) is 11.4 Å². The van der Waals surface area contributed by atoms with E-state index in [9.17, 15) is 0 Å². The molecule has 1 aromatic carbocycles. The van der Waals surface area contributed by atoms with Crippen molar-refractivity contribution >= 4 is 28.3 Å². The van der Waals surface area contributed by atoms with Gasteiger partial charge in [-0.15, -0.1) is 0 Å². The van der Waals surface area contributed by atoms with E-state index < -0.39 is 0 Å². The first-order valence-corrected chi connectivity index (χ1v) is 7.91. The summed E-state index contributed by atoms with van der Waals surface area (Å²) in [5, 5.41) is 15.9. The summed E-state index contributed by atoms with van der Waals surface area (Å²) < 4.78 is 1.80. The maximum absolute atomic E-state index is 8.64. The minimum atomic E-state index is 0.582. The van der Waals surface area contributed by atoms with Crippen molar-refractivity contribution in [2.24, 2.45) is 12.0 Å². The van der Waals surface area contributed by atoms with Crippen LogP contribution in [-0.2, 0) is 13.6 Å². The molecule has 0 aliphatic rings. The summed E-state index contributed by atoms with van der Waals surface area (Å²) in [7, 11) is 3.95. The summed E-state index contributed by atoms with van der Waals surface area (Å²) in [5.41, 5.74) is 3.07. The molecule has 0 radical (unpaired) electrons.